The van der Waals surface area contributed by atoms with E-state index in [4.69, 9.17) is 9.47 Å². The quantitative estimate of drug-likeness (QED) is 0.885. The molecule has 7 heteroatoms. The number of aromatic nitrogens is 1. The average molecular weight is 356 g/mol. The molecule has 0 atom stereocenters. The highest BCUT2D eigenvalue weighted by Gasteiger charge is 2.17. The Morgan fingerprint density at radius 3 is 2.46 bits per heavy atom. The van der Waals surface area contributed by atoms with Gasteiger partial charge in [0.25, 0.3) is 5.91 Å². The first-order valence-corrected chi connectivity index (χ1v) is 8.53. The largest absolute Gasteiger partial charge is 0.493 e. The molecule has 1 amide bonds. The molecule has 0 spiro atoms. The molecular formula is C19H24N4O3. The average Bonchev–Trinajstić information content (AvgIpc) is 2.68. The predicted octanol–water partition coefficient (Wildman–Crippen LogP) is 2.10. The summed E-state index contributed by atoms with van der Waals surface area (Å²) in [5.74, 6) is 1.83. The van der Waals surface area contributed by atoms with Gasteiger partial charge in [-0.3, -0.25) is 4.79 Å². The summed E-state index contributed by atoms with van der Waals surface area (Å²) < 4.78 is 10.5. The van der Waals surface area contributed by atoms with Crippen molar-refractivity contribution in [3.63, 3.8) is 0 Å². The van der Waals surface area contributed by atoms with Crippen molar-refractivity contribution in [1.82, 2.24) is 9.88 Å². The van der Waals surface area contributed by atoms with Gasteiger partial charge in [0.15, 0.2) is 11.5 Å². The minimum Gasteiger partial charge on any atom is -0.493 e. The van der Waals surface area contributed by atoms with E-state index < -0.39 is 0 Å². The normalized spacial score (nSPS) is 14.8. The summed E-state index contributed by atoms with van der Waals surface area (Å²) in [6.45, 7) is 3.79. The number of anilines is 2. The Morgan fingerprint density at radius 2 is 1.77 bits per heavy atom. The maximum absolute atomic E-state index is 12.6. The van der Waals surface area contributed by atoms with Crippen molar-refractivity contribution in [1.29, 1.82) is 0 Å². The van der Waals surface area contributed by atoms with Crippen LogP contribution in [0, 0.1) is 0 Å². The van der Waals surface area contributed by atoms with Gasteiger partial charge < -0.3 is 24.6 Å². The number of amides is 1. The number of likely N-dealkylation sites (N-methyl/N-ethyl adjacent to an activating group) is 1. The minimum atomic E-state index is -0.185. The molecule has 1 aliphatic rings. The second-order valence-corrected chi connectivity index (χ2v) is 6.22. The van der Waals surface area contributed by atoms with Gasteiger partial charge in [-0.1, -0.05) is 0 Å². The molecular weight excluding hydrogens is 332 g/mol. The van der Waals surface area contributed by atoms with E-state index in [1.807, 2.05) is 6.07 Å². The Hall–Kier alpha value is -2.80. The van der Waals surface area contributed by atoms with Crippen LogP contribution in [-0.4, -0.2) is 63.2 Å². The summed E-state index contributed by atoms with van der Waals surface area (Å²) in [6.07, 6.45) is 1.68. The molecule has 0 saturated carbocycles. The van der Waals surface area contributed by atoms with E-state index in [2.05, 4.69) is 27.1 Å². The monoisotopic (exact) mass is 356 g/mol. The Bertz CT molecular complexity index is 773. The highest BCUT2D eigenvalue weighted by Crippen LogP contribution is 2.30. The molecule has 0 unspecified atom stereocenters. The van der Waals surface area contributed by atoms with Gasteiger partial charge in [-0.25, -0.2) is 4.98 Å². The zero-order valence-electron chi connectivity index (χ0n) is 15.4. The molecule has 138 valence electrons. The maximum atomic E-state index is 12.6. The van der Waals surface area contributed by atoms with Crippen molar-refractivity contribution in [2.24, 2.45) is 0 Å². The van der Waals surface area contributed by atoms with Gasteiger partial charge in [0, 0.05) is 49.7 Å². The highest BCUT2D eigenvalue weighted by molar-refractivity contribution is 6.04. The molecule has 7 nitrogen and oxygen atoms in total. The van der Waals surface area contributed by atoms with Crippen LogP contribution in [-0.2, 0) is 0 Å². The summed E-state index contributed by atoms with van der Waals surface area (Å²) in [4.78, 5) is 21.5. The lowest BCUT2D eigenvalue weighted by Gasteiger charge is -2.33. The van der Waals surface area contributed by atoms with Crippen LogP contribution in [0.15, 0.2) is 36.5 Å². The lowest BCUT2D eigenvalue weighted by molar-refractivity contribution is 0.102. The number of piperazine rings is 1. The first-order chi connectivity index (χ1) is 12.6. The molecule has 3 rings (SSSR count). The zero-order chi connectivity index (χ0) is 18.5. The lowest BCUT2D eigenvalue weighted by Crippen LogP contribution is -2.44. The second kappa shape index (κ2) is 8.05. The fourth-order valence-electron chi connectivity index (χ4n) is 2.89. The molecule has 0 radical (unpaired) electrons. The van der Waals surface area contributed by atoms with Crippen LogP contribution in [0.25, 0.3) is 0 Å². The van der Waals surface area contributed by atoms with E-state index in [9.17, 15) is 4.79 Å². The van der Waals surface area contributed by atoms with Gasteiger partial charge in [-0.2, -0.15) is 0 Å². The number of rotatable bonds is 5. The molecule has 1 aromatic heterocycles. The van der Waals surface area contributed by atoms with Crippen molar-refractivity contribution < 1.29 is 14.3 Å². The molecule has 26 heavy (non-hydrogen) atoms. The van der Waals surface area contributed by atoms with Crippen molar-refractivity contribution in [3.8, 4) is 11.5 Å². The molecule has 2 heterocycles. The Balaban J connectivity index is 1.73. The molecule has 1 N–H and O–H groups in total. The number of pyridine rings is 1. The van der Waals surface area contributed by atoms with Crippen molar-refractivity contribution >= 4 is 17.4 Å². The summed E-state index contributed by atoms with van der Waals surface area (Å²) >= 11 is 0. The Kier molecular flexibility index (Phi) is 5.58. The number of methoxy groups -OCH3 is 2. The number of carbonyl (C=O) groups excluding carboxylic acids is 1. The van der Waals surface area contributed by atoms with Crippen molar-refractivity contribution in [2.45, 2.75) is 0 Å². The van der Waals surface area contributed by atoms with E-state index in [1.54, 1.807) is 44.7 Å². The number of ether oxygens (including phenoxy) is 2. The van der Waals surface area contributed by atoms with E-state index >= 15 is 0 Å². The van der Waals surface area contributed by atoms with Gasteiger partial charge in [0.1, 0.15) is 5.82 Å². The second-order valence-electron chi connectivity index (χ2n) is 6.22. The molecule has 2 aromatic rings. The summed E-state index contributed by atoms with van der Waals surface area (Å²) in [7, 11) is 5.25. The summed E-state index contributed by atoms with van der Waals surface area (Å²) in [5, 5.41) is 2.89. The highest BCUT2D eigenvalue weighted by atomic mass is 16.5. The van der Waals surface area contributed by atoms with Crippen molar-refractivity contribution in [3.05, 3.63) is 42.1 Å². The van der Waals surface area contributed by atoms with Gasteiger partial charge in [0.05, 0.1) is 14.2 Å². The Labute approximate surface area is 153 Å². The van der Waals surface area contributed by atoms with Crippen LogP contribution in [0.3, 0.4) is 0 Å². The third-order valence-electron chi connectivity index (χ3n) is 4.48. The molecule has 0 aliphatic carbocycles. The number of nitrogens with one attached hydrogen (secondary N) is 1. The first-order valence-electron chi connectivity index (χ1n) is 8.53. The third-order valence-corrected chi connectivity index (χ3v) is 4.48. The number of hydrogen-bond donors (Lipinski definition) is 1. The van der Waals surface area contributed by atoms with Gasteiger partial charge >= 0.3 is 0 Å². The smallest absolute Gasteiger partial charge is 0.255 e. The van der Waals surface area contributed by atoms with Gasteiger partial charge in [-0.05, 0) is 31.3 Å². The number of nitrogens with zero attached hydrogens (tertiary/aromatic N) is 3. The lowest BCUT2D eigenvalue weighted by atomic mass is 10.2. The summed E-state index contributed by atoms with van der Waals surface area (Å²) in [6, 6.07) is 8.83. The molecule has 1 aromatic carbocycles. The molecule has 1 aliphatic heterocycles. The Morgan fingerprint density at radius 1 is 1.04 bits per heavy atom. The fraction of sp³-hybridized carbons (Fsp3) is 0.368. The predicted molar refractivity (Wildman–Crippen MR) is 101 cm³/mol. The van der Waals surface area contributed by atoms with Crippen LogP contribution in [0.2, 0.25) is 0 Å². The number of benzene rings is 1. The number of hydrogen-bond acceptors (Lipinski definition) is 6. The van der Waals surface area contributed by atoms with Gasteiger partial charge in [0.2, 0.25) is 0 Å². The maximum Gasteiger partial charge on any atom is 0.255 e. The molecule has 1 fully saturated rings. The molecule has 1 saturated heterocycles. The van der Waals surface area contributed by atoms with E-state index in [-0.39, 0.29) is 5.91 Å². The SMILES string of the molecule is COc1ccc(NC(=O)c2ccnc(N3CCN(C)CC3)c2)cc1OC. The zero-order valence-corrected chi connectivity index (χ0v) is 15.4. The topological polar surface area (TPSA) is 66.9 Å². The number of carbonyl (C=O) groups is 1. The van der Waals surface area contributed by atoms with Crippen LogP contribution in [0.4, 0.5) is 11.5 Å². The van der Waals surface area contributed by atoms with Crippen molar-refractivity contribution in [2.75, 3.05) is 57.7 Å². The van der Waals surface area contributed by atoms with Crippen LogP contribution in [0.5, 0.6) is 11.5 Å². The standard InChI is InChI=1S/C19H24N4O3/c1-22-8-10-23(11-9-22)18-12-14(6-7-20-18)19(24)21-15-4-5-16(25-2)17(13-15)26-3/h4-7,12-13H,8-11H2,1-3H3,(H,21,24). The fourth-order valence-corrected chi connectivity index (χ4v) is 2.89. The van der Waals surface area contributed by atoms with Gasteiger partial charge in [-0.15, -0.1) is 0 Å². The van der Waals surface area contributed by atoms with Crippen LogP contribution < -0.4 is 19.7 Å². The molecule has 0 bridgehead atoms. The van der Waals surface area contributed by atoms with E-state index in [0.717, 1.165) is 32.0 Å². The van der Waals surface area contributed by atoms with E-state index in [1.165, 1.54) is 0 Å². The third kappa shape index (κ3) is 4.05. The van der Waals surface area contributed by atoms with Crippen LogP contribution >= 0.6 is 0 Å². The van der Waals surface area contributed by atoms with E-state index in [0.29, 0.717) is 22.7 Å². The van der Waals surface area contributed by atoms with Crippen LogP contribution in [0.1, 0.15) is 10.4 Å². The first kappa shape index (κ1) is 18.0. The minimum absolute atomic E-state index is 0.185. The summed E-state index contributed by atoms with van der Waals surface area (Å²) in [5.41, 5.74) is 1.22.